The molecular weight excluding hydrogens is 138 g/mol. The van der Waals surface area contributed by atoms with Gasteiger partial charge in [-0.3, -0.25) is 10.5 Å². The Morgan fingerprint density at radius 1 is 1.45 bits per heavy atom. The van der Waals surface area contributed by atoms with E-state index in [0.717, 1.165) is 19.3 Å². The number of carbonyl (C=O) groups excluding carboxylic acids is 1. The van der Waals surface area contributed by atoms with Crippen LogP contribution in [-0.2, 0) is 4.79 Å². The van der Waals surface area contributed by atoms with Crippen molar-refractivity contribution in [1.82, 2.24) is 5.73 Å². The topological polar surface area (TPSA) is 40.9 Å². The first-order valence-electron chi connectivity index (χ1n) is 4.33. The standard InChI is InChI=1S/C9H18NO/c1-4-5-8(9(10)11)6-7(2)3/h7-8,10H,4-6H2,1-3H3. The van der Waals surface area contributed by atoms with Crippen molar-refractivity contribution in [2.75, 3.05) is 0 Å². The highest BCUT2D eigenvalue weighted by Crippen LogP contribution is 2.16. The lowest BCUT2D eigenvalue weighted by Gasteiger charge is -2.13. The average molecular weight is 156 g/mol. The van der Waals surface area contributed by atoms with Gasteiger partial charge in [-0.15, -0.1) is 0 Å². The highest BCUT2D eigenvalue weighted by atomic mass is 16.1. The summed E-state index contributed by atoms with van der Waals surface area (Å²) in [5, 5.41) is 0. The van der Waals surface area contributed by atoms with Gasteiger partial charge in [-0.25, -0.2) is 0 Å². The molecule has 0 fully saturated rings. The van der Waals surface area contributed by atoms with Crippen molar-refractivity contribution in [3.05, 3.63) is 0 Å². The molecule has 0 aromatic carbocycles. The summed E-state index contributed by atoms with van der Waals surface area (Å²) in [7, 11) is 0. The van der Waals surface area contributed by atoms with Gasteiger partial charge in [0.2, 0.25) is 5.91 Å². The Balaban J connectivity index is 3.79. The summed E-state index contributed by atoms with van der Waals surface area (Å²) in [4.78, 5) is 10.7. The van der Waals surface area contributed by atoms with Crippen molar-refractivity contribution < 1.29 is 4.79 Å². The van der Waals surface area contributed by atoms with Gasteiger partial charge in [0, 0.05) is 5.92 Å². The minimum absolute atomic E-state index is 0.0139. The monoisotopic (exact) mass is 156 g/mol. The number of rotatable bonds is 5. The molecule has 0 heterocycles. The summed E-state index contributed by atoms with van der Waals surface area (Å²) in [5.41, 5.74) is 6.99. The zero-order chi connectivity index (χ0) is 8.85. The van der Waals surface area contributed by atoms with E-state index in [1.54, 1.807) is 0 Å². The fraction of sp³-hybridized carbons (Fsp3) is 0.889. The molecule has 0 saturated carbocycles. The Bertz CT molecular complexity index is 121. The van der Waals surface area contributed by atoms with Crippen molar-refractivity contribution >= 4 is 5.91 Å². The maximum absolute atomic E-state index is 10.7. The van der Waals surface area contributed by atoms with Crippen LogP contribution in [0, 0.1) is 11.8 Å². The molecule has 0 aliphatic rings. The second kappa shape index (κ2) is 5.16. The van der Waals surface area contributed by atoms with Crippen LogP contribution in [0.4, 0.5) is 0 Å². The second-order valence-electron chi connectivity index (χ2n) is 3.48. The second-order valence-corrected chi connectivity index (χ2v) is 3.48. The average Bonchev–Trinajstić information content (AvgIpc) is 1.86. The van der Waals surface area contributed by atoms with Crippen molar-refractivity contribution in [2.24, 2.45) is 11.8 Å². The van der Waals surface area contributed by atoms with Crippen molar-refractivity contribution in [3.8, 4) is 0 Å². The van der Waals surface area contributed by atoms with E-state index in [0.29, 0.717) is 5.92 Å². The number of hydrogen-bond donors (Lipinski definition) is 0. The number of amides is 1. The fourth-order valence-corrected chi connectivity index (χ4v) is 1.27. The molecule has 2 nitrogen and oxygen atoms in total. The molecule has 0 rings (SSSR count). The van der Waals surface area contributed by atoms with E-state index in [2.05, 4.69) is 20.8 Å². The van der Waals surface area contributed by atoms with Gasteiger partial charge in [0.05, 0.1) is 0 Å². The molecule has 1 atom stereocenters. The van der Waals surface area contributed by atoms with Gasteiger partial charge in [-0.05, 0) is 18.8 Å². The van der Waals surface area contributed by atoms with E-state index in [-0.39, 0.29) is 11.8 Å². The number of carbonyl (C=O) groups is 1. The van der Waals surface area contributed by atoms with Gasteiger partial charge in [-0.1, -0.05) is 27.2 Å². The number of nitrogens with one attached hydrogen (secondary N) is 1. The summed E-state index contributed by atoms with van der Waals surface area (Å²) >= 11 is 0. The van der Waals surface area contributed by atoms with Crippen LogP contribution < -0.4 is 5.73 Å². The molecule has 0 aliphatic heterocycles. The predicted octanol–water partition coefficient (Wildman–Crippen LogP) is 2.26. The SMILES string of the molecule is CCCC(CC(C)C)C([NH])=O. The van der Waals surface area contributed by atoms with Gasteiger partial charge >= 0.3 is 0 Å². The normalized spacial score (nSPS) is 13.5. The highest BCUT2D eigenvalue weighted by Gasteiger charge is 2.15. The van der Waals surface area contributed by atoms with E-state index in [1.165, 1.54) is 0 Å². The van der Waals surface area contributed by atoms with E-state index in [4.69, 9.17) is 5.73 Å². The molecule has 1 unspecified atom stereocenters. The molecule has 0 bridgehead atoms. The zero-order valence-corrected chi connectivity index (χ0v) is 7.68. The smallest absolute Gasteiger partial charge is 0.241 e. The molecule has 0 aromatic rings. The largest absolute Gasteiger partial charge is 0.273 e. The van der Waals surface area contributed by atoms with Crippen LogP contribution in [0.25, 0.3) is 0 Å². The summed E-state index contributed by atoms with van der Waals surface area (Å²) in [6, 6.07) is 0. The Hall–Kier alpha value is -0.530. The summed E-state index contributed by atoms with van der Waals surface area (Å²) < 4.78 is 0. The third kappa shape index (κ3) is 4.82. The van der Waals surface area contributed by atoms with E-state index in [1.807, 2.05) is 0 Å². The van der Waals surface area contributed by atoms with Gasteiger partial charge in [0.1, 0.15) is 0 Å². The lowest BCUT2D eigenvalue weighted by atomic mass is 9.93. The first kappa shape index (κ1) is 10.5. The first-order chi connectivity index (χ1) is 5.07. The van der Waals surface area contributed by atoms with Crippen LogP contribution >= 0.6 is 0 Å². The minimum atomic E-state index is -0.388. The Kier molecular flexibility index (Phi) is 4.92. The van der Waals surface area contributed by atoms with E-state index >= 15 is 0 Å². The quantitative estimate of drug-likeness (QED) is 0.602. The molecule has 0 spiro atoms. The Morgan fingerprint density at radius 3 is 2.27 bits per heavy atom. The summed E-state index contributed by atoms with van der Waals surface area (Å²) in [6.07, 6.45) is 2.75. The zero-order valence-electron chi connectivity index (χ0n) is 7.68. The third-order valence-electron chi connectivity index (χ3n) is 1.76. The van der Waals surface area contributed by atoms with Crippen molar-refractivity contribution in [3.63, 3.8) is 0 Å². The highest BCUT2D eigenvalue weighted by molar-refractivity contribution is 5.75. The molecule has 11 heavy (non-hydrogen) atoms. The van der Waals surface area contributed by atoms with Gasteiger partial charge < -0.3 is 0 Å². The molecule has 0 aromatic heterocycles. The van der Waals surface area contributed by atoms with Crippen molar-refractivity contribution in [2.45, 2.75) is 40.0 Å². The van der Waals surface area contributed by atoms with Crippen LogP contribution in [0.2, 0.25) is 0 Å². The molecule has 1 amide bonds. The van der Waals surface area contributed by atoms with Crippen LogP contribution in [0.3, 0.4) is 0 Å². The van der Waals surface area contributed by atoms with Crippen LogP contribution in [-0.4, -0.2) is 5.91 Å². The van der Waals surface area contributed by atoms with Gasteiger partial charge in [0.25, 0.3) is 0 Å². The van der Waals surface area contributed by atoms with Crippen LogP contribution in [0.1, 0.15) is 40.0 Å². The van der Waals surface area contributed by atoms with E-state index < -0.39 is 0 Å². The Morgan fingerprint density at radius 2 is 2.00 bits per heavy atom. The van der Waals surface area contributed by atoms with Crippen LogP contribution in [0.5, 0.6) is 0 Å². The third-order valence-corrected chi connectivity index (χ3v) is 1.76. The molecule has 0 aliphatic carbocycles. The maximum Gasteiger partial charge on any atom is 0.241 e. The molecule has 65 valence electrons. The lowest BCUT2D eigenvalue weighted by Crippen LogP contribution is -2.17. The summed E-state index contributed by atoms with van der Waals surface area (Å²) in [5.74, 6) is 0.126. The number of hydrogen-bond acceptors (Lipinski definition) is 1. The van der Waals surface area contributed by atoms with Gasteiger partial charge in [0.15, 0.2) is 0 Å². The molecule has 0 saturated heterocycles. The first-order valence-corrected chi connectivity index (χ1v) is 4.33. The lowest BCUT2D eigenvalue weighted by molar-refractivity contribution is -0.123. The summed E-state index contributed by atoms with van der Waals surface area (Å²) in [6.45, 7) is 6.23. The maximum atomic E-state index is 10.7. The van der Waals surface area contributed by atoms with E-state index in [9.17, 15) is 4.79 Å². The predicted molar refractivity (Wildman–Crippen MR) is 46.0 cm³/mol. The van der Waals surface area contributed by atoms with Gasteiger partial charge in [-0.2, -0.15) is 0 Å². The fourth-order valence-electron chi connectivity index (χ4n) is 1.27. The van der Waals surface area contributed by atoms with Crippen molar-refractivity contribution in [1.29, 1.82) is 0 Å². The minimum Gasteiger partial charge on any atom is -0.273 e. The van der Waals surface area contributed by atoms with Crippen LogP contribution in [0.15, 0.2) is 0 Å². The molecule has 2 heteroatoms. The molecule has 1 N–H and O–H groups in total. The molecular formula is C9H18NO. The Labute approximate surface area is 69.2 Å². The molecule has 1 radical (unpaired) electrons.